The maximum atomic E-state index is 8.85. The van der Waals surface area contributed by atoms with E-state index in [0.29, 0.717) is 23.1 Å². The Bertz CT molecular complexity index is 772. The van der Waals surface area contributed by atoms with Crippen LogP contribution in [0.5, 0.6) is 5.75 Å². The zero-order chi connectivity index (χ0) is 17.5. The van der Waals surface area contributed by atoms with E-state index in [9.17, 15) is 0 Å². The lowest BCUT2D eigenvalue weighted by molar-refractivity contribution is 0.327. The van der Waals surface area contributed by atoms with Gasteiger partial charge in [0.15, 0.2) is 5.75 Å². The molecular formula is C22H22N2O. The number of hydrogen-bond donors (Lipinski definition) is 0. The molecule has 1 fully saturated rings. The van der Waals surface area contributed by atoms with Gasteiger partial charge in [0.05, 0.1) is 17.3 Å². The van der Waals surface area contributed by atoms with Crippen LogP contribution in [0, 0.1) is 17.2 Å². The molecule has 3 heteroatoms. The van der Waals surface area contributed by atoms with Gasteiger partial charge in [-0.15, -0.1) is 6.58 Å². The smallest absolute Gasteiger partial charge is 0.158 e. The minimum Gasteiger partial charge on any atom is -0.357 e. The van der Waals surface area contributed by atoms with E-state index in [1.165, 1.54) is 5.56 Å². The highest BCUT2D eigenvalue weighted by Crippen LogP contribution is 2.36. The Kier molecular flexibility index (Phi) is 5.64. The van der Waals surface area contributed by atoms with Crippen molar-refractivity contribution in [1.29, 1.82) is 5.26 Å². The molecule has 0 unspecified atom stereocenters. The van der Waals surface area contributed by atoms with Crippen molar-refractivity contribution < 1.29 is 4.84 Å². The summed E-state index contributed by atoms with van der Waals surface area (Å²) in [4.78, 5) is 5.61. The van der Waals surface area contributed by atoms with Crippen molar-refractivity contribution in [1.82, 2.24) is 0 Å². The lowest BCUT2D eigenvalue weighted by atomic mass is 9.75. The Hall–Kier alpha value is -2.86. The number of nitriles is 1. The van der Waals surface area contributed by atoms with Crippen LogP contribution in [-0.4, -0.2) is 5.71 Å². The van der Waals surface area contributed by atoms with Gasteiger partial charge < -0.3 is 4.84 Å². The summed E-state index contributed by atoms with van der Waals surface area (Å²) in [5.41, 5.74) is 3.13. The summed E-state index contributed by atoms with van der Waals surface area (Å²) in [6.45, 7) is 3.90. The summed E-state index contributed by atoms with van der Waals surface area (Å²) >= 11 is 0. The molecule has 0 radical (unpaired) electrons. The van der Waals surface area contributed by atoms with Crippen LogP contribution in [0.1, 0.15) is 42.7 Å². The van der Waals surface area contributed by atoms with Gasteiger partial charge in [0, 0.05) is 5.92 Å². The number of allylic oxidation sites excluding steroid dienone is 1. The third kappa shape index (κ3) is 4.36. The minimum absolute atomic E-state index is 0.370. The molecule has 25 heavy (non-hydrogen) atoms. The van der Waals surface area contributed by atoms with E-state index in [-0.39, 0.29) is 0 Å². The fraction of sp³-hybridized carbons (Fsp3) is 0.273. The maximum Gasteiger partial charge on any atom is 0.158 e. The predicted octanol–water partition coefficient (Wildman–Crippen LogP) is 5.45. The number of nitrogens with zero attached hydrogens (tertiary/aromatic N) is 2. The van der Waals surface area contributed by atoms with Crippen LogP contribution in [-0.2, 0) is 0 Å². The van der Waals surface area contributed by atoms with E-state index in [1.54, 1.807) is 24.3 Å². The van der Waals surface area contributed by atoms with Gasteiger partial charge in [0.1, 0.15) is 0 Å². The molecule has 2 atom stereocenters. The predicted molar refractivity (Wildman–Crippen MR) is 101 cm³/mol. The summed E-state index contributed by atoms with van der Waals surface area (Å²) in [5.74, 6) is 1.60. The monoisotopic (exact) mass is 330 g/mol. The minimum atomic E-state index is 0.370. The average molecular weight is 330 g/mol. The number of oxime groups is 1. The molecule has 1 aliphatic rings. The zero-order valence-corrected chi connectivity index (χ0v) is 14.3. The molecule has 0 amide bonds. The van der Waals surface area contributed by atoms with Crippen LogP contribution in [0.4, 0.5) is 0 Å². The van der Waals surface area contributed by atoms with Crippen LogP contribution in [0.2, 0.25) is 0 Å². The largest absolute Gasteiger partial charge is 0.357 e. The SMILES string of the molecule is C=CC[C@H]1C[C@@H](c2ccccc2)CC/C1=N\Oc1ccc(C#N)cc1. The molecule has 2 aromatic carbocycles. The van der Waals surface area contributed by atoms with Crippen LogP contribution >= 0.6 is 0 Å². The van der Waals surface area contributed by atoms with Crippen LogP contribution in [0.15, 0.2) is 72.4 Å². The van der Waals surface area contributed by atoms with E-state index in [4.69, 9.17) is 10.1 Å². The van der Waals surface area contributed by atoms with Gasteiger partial charge in [0.25, 0.3) is 0 Å². The molecule has 1 saturated carbocycles. The number of rotatable bonds is 5. The lowest BCUT2D eigenvalue weighted by Gasteiger charge is -2.30. The quantitative estimate of drug-likeness (QED) is 0.540. The molecule has 0 aromatic heterocycles. The first-order chi connectivity index (χ1) is 12.3. The molecular weight excluding hydrogens is 308 g/mol. The zero-order valence-electron chi connectivity index (χ0n) is 14.3. The molecule has 0 N–H and O–H groups in total. The summed E-state index contributed by atoms with van der Waals surface area (Å²) in [6.07, 6.45) is 5.99. The second kappa shape index (κ2) is 8.30. The fourth-order valence-electron chi connectivity index (χ4n) is 3.41. The van der Waals surface area contributed by atoms with E-state index in [1.807, 2.05) is 6.08 Å². The molecule has 0 aliphatic heterocycles. The molecule has 0 spiro atoms. The second-order valence-corrected chi connectivity index (χ2v) is 6.41. The molecule has 0 heterocycles. The van der Waals surface area contributed by atoms with Gasteiger partial charge in [0.2, 0.25) is 0 Å². The molecule has 126 valence electrons. The first kappa shape index (κ1) is 17.0. The van der Waals surface area contributed by atoms with Gasteiger partial charge in [-0.1, -0.05) is 41.6 Å². The van der Waals surface area contributed by atoms with Crippen molar-refractivity contribution in [2.24, 2.45) is 11.1 Å². The molecule has 2 aromatic rings. The van der Waals surface area contributed by atoms with Crippen LogP contribution < -0.4 is 4.84 Å². The Balaban J connectivity index is 1.70. The van der Waals surface area contributed by atoms with Gasteiger partial charge in [-0.2, -0.15) is 5.26 Å². The third-order valence-electron chi connectivity index (χ3n) is 4.76. The molecule has 1 aliphatic carbocycles. The number of hydrogen-bond acceptors (Lipinski definition) is 3. The number of benzene rings is 2. The van der Waals surface area contributed by atoms with Gasteiger partial charge in [-0.25, -0.2) is 0 Å². The topological polar surface area (TPSA) is 45.4 Å². The summed E-state index contributed by atoms with van der Waals surface area (Å²) in [6, 6.07) is 19.8. The van der Waals surface area contributed by atoms with Crippen LogP contribution in [0.25, 0.3) is 0 Å². The highest BCUT2D eigenvalue weighted by Gasteiger charge is 2.27. The Morgan fingerprint density at radius 3 is 2.60 bits per heavy atom. The summed E-state index contributed by atoms with van der Waals surface area (Å²) < 4.78 is 0. The highest BCUT2D eigenvalue weighted by molar-refractivity contribution is 5.87. The maximum absolute atomic E-state index is 8.85. The van der Waals surface area contributed by atoms with Crippen molar-refractivity contribution in [3.05, 3.63) is 78.4 Å². The van der Waals surface area contributed by atoms with Crippen molar-refractivity contribution in [3.8, 4) is 11.8 Å². The molecule has 0 bridgehead atoms. The Morgan fingerprint density at radius 2 is 1.92 bits per heavy atom. The standard InChI is InChI=1S/C22H22N2O/c1-2-6-20-15-19(18-7-4-3-5-8-18)11-14-22(20)24-25-21-12-9-17(16-23)10-13-21/h2-5,7-10,12-13,19-20H,1,6,11,14-15H2/b24-22+/t19-,20-/m0/s1. The van der Waals surface area contributed by atoms with E-state index >= 15 is 0 Å². The summed E-state index contributed by atoms with van der Waals surface area (Å²) in [7, 11) is 0. The third-order valence-corrected chi connectivity index (χ3v) is 4.76. The van der Waals surface area contributed by atoms with E-state index in [2.05, 4.69) is 48.1 Å². The van der Waals surface area contributed by atoms with Crippen LogP contribution in [0.3, 0.4) is 0 Å². The molecule has 3 nitrogen and oxygen atoms in total. The Morgan fingerprint density at radius 1 is 1.16 bits per heavy atom. The van der Waals surface area contributed by atoms with Crippen molar-refractivity contribution in [2.45, 2.75) is 31.6 Å². The Labute approximate surface area is 149 Å². The molecule has 0 saturated heterocycles. The van der Waals surface area contributed by atoms with E-state index in [0.717, 1.165) is 31.4 Å². The van der Waals surface area contributed by atoms with Crippen molar-refractivity contribution in [2.75, 3.05) is 0 Å². The van der Waals surface area contributed by atoms with Gasteiger partial charge in [-0.3, -0.25) is 0 Å². The lowest BCUT2D eigenvalue weighted by Crippen LogP contribution is -2.24. The van der Waals surface area contributed by atoms with Crippen molar-refractivity contribution >= 4 is 5.71 Å². The normalized spacial score (nSPS) is 21.5. The first-order valence-corrected chi connectivity index (χ1v) is 8.70. The first-order valence-electron chi connectivity index (χ1n) is 8.70. The molecule has 3 rings (SSSR count). The van der Waals surface area contributed by atoms with Crippen molar-refractivity contribution in [3.63, 3.8) is 0 Å². The van der Waals surface area contributed by atoms with E-state index < -0.39 is 0 Å². The highest BCUT2D eigenvalue weighted by atomic mass is 16.6. The average Bonchev–Trinajstić information content (AvgIpc) is 2.68. The van der Waals surface area contributed by atoms with Gasteiger partial charge in [-0.05, 0) is 61.4 Å². The second-order valence-electron chi connectivity index (χ2n) is 6.41. The summed E-state index contributed by atoms with van der Waals surface area (Å²) in [5, 5.41) is 13.3. The fourth-order valence-corrected chi connectivity index (χ4v) is 3.41. The van der Waals surface area contributed by atoms with Gasteiger partial charge >= 0.3 is 0 Å².